The number of carbonyl (C=O) groups is 1. The SMILES string of the molecule is CCc1ccc([C@@H]2[C@H](N)C(=O)N2c2ccc(OC)c(Cl)c2)cc1. The molecule has 3 rings (SSSR count). The molecule has 0 aromatic heterocycles. The van der Waals surface area contributed by atoms with Crippen molar-refractivity contribution in [3.63, 3.8) is 0 Å². The maximum absolute atomic E-state index is 12.3. The molecule has 0 bridgehead atoms. The molecule has 1 aliphatic rings. The van der Waals surface area contributed by atoms with Gasteiger partial charge in [-0.05, 0) is 35.7 Å². The van der Waals surface area contributed by atoms with E-state index in [-0.39, 0.29) is 11.9 Å². The van der Waals surface area contributed by atoms with Gasteiger partial charge in [0.05, 0.1) is 18.2 Å². The van der Waals surface area contributed by atoms with Crippen LogP contribution >= 0.6 is 11.6 Å². The Labute approximate surface area is 140 Å². The van der Waals surface area contributed by atoms with Crippen LogP contribution < -0.4 is 15.4 Å². The van der Waals surface area contributed by atoms with Gasteiger partial charge in [-0.15, -0.1) is 0 Å². The Hall–Kier alpha value is -2.04. The maximum atomic E-state index is 12.3. The van der Waals surface area contributed by atoms with Gasteiger partial charge in [0.1, 0.15) is 11.8 Å². The van der Waals surface area contributed by atoms with Gasteiger partial charge in [-0.2, -0.15) is 0 Å². The molecule has 5 heteroatoms. The van der Waals surface area contributed by atoms with Gasteiger partial charge in [0.15, 0.2) is 0 Å². The third kappa shape index (κ3) is 2.69. The van der Waals surface area contributed by atoms with Crippen molar-refractivity contribution in [3.8, 4) is 5.75 Å². The quantitative estimate of drug-likeness (QED) is 0.875. The van der Waals surface area contributed by atoms with Crippen LogP contribution in [0.5, 0.6) is 5.75 Å². The number of halogens is 1. The Bertz CT molecular complexity index is 730. The molecule has 2 atom stereocenters. The minimum atomic E-state index is -0.525. The van der Waals surface area contributed by atoms with Crippen molar-refractivity contribution >= 4 is 23.2 Å². The van der Waals surface area contributed by atoms with E-state index in [1.165, 1.54) is 5.56 Å². The monoisotopic (exact) mass is 330 g/mol. The van der Waals surface area contributed by atoms with Gasteiger partial charge < -0.3 is 15.4 Å². The van der Waals surface area contributed by atoms with E-state index in [9.17, 15) is 4.79 Å². The molecular weight excluding hydrogens is 312 g/mol. The fourth-order valence-corrected chi connectivity index (χ4v) is 3.16. The highest BCUT2D eigenvalue weighted by Gasteiger charge is 2.46. The Morgan fingerprint density at radius 2 is 1.91 bits per heavy atom. The van der Waals surface area contributed by atoms with Gasteiger partial charge in [0.2, 0.25) is 5.91 Å². The van der Waals surface area contributed by atoms with Crippen molar-refractivity contribution in [1.29, 1.82) is 0 Å². The summed E-state index contributed by atoms with van der Waals surface area (Å²) < 4.78 is 5.16. The van der Waals surface area contributed by atoms with E-state index >= 15 is 0 Å². The minimum Gasteiger partial charge on any atom is -0.495 e. The maximum Gasteiger partial charge on any atom is 0.247 e. The number of nitrogens with zero attached hydrogens (tertiary/aromatic N) is 1. The van der Waals surface area contributed by atoms with Crippen LogP contribution in [0.15, 0.2) is 42.5 Å². The predicted octanol–water partition coefficient (Wildman–Crippen LogP) is 3.33. The summed E-state index contributed by atoms with van der Waals surface area (Å²) in [5.41, 5.74) is 9.06. The smallest absolute Gasteiger partial charge is 0.247 e. The van der Waals surface area contributed by atoms with Gasteiger partial charge in [-0.3, -0.25) is 4.79 Å². The number of rotatable bonds is 4. The van der Waals surface area contributed by atoms with Gasteiger partial charge in [-0.1, -0.05) is 42.8 Å². The van der Waals surface area contributed by atoms with Gasteiger partial charge >= 0.3 is 0 Å². The van der Waals surface area contributed by atoms with Crippen LogP contribution in [0.1, 0.15) is 24.1 Å². The lowest BCUT2D eigenvalue weighted by molar-refractivity contribution is -0.126. The summed E-state index contributed by atoms with van der Waals surface area (Å²) in [5, 5.41) is 0.471. The van der Waals surface area contributed by atoms with E-state index in [1.807, 2.05) is 18.2 Å². The first-order valence-corrected chi connectivity index (χ1v) is 7.95. The van der Waals surface area contributed by atoms with Gasteiger partial charge in [0, 0.05) is 5.69 Å². The minimum absolute atomic E-state index is 0.101. The van der Waals surface area contributed by atoms with E-state index in [0.717, 1.165) is 17.7 Å². The zero-order valence-corrected chi connectivity index (χ0v) is 13.9. The number of hydrogen-bond acceptors (Lipinski definition) is 3. The number of ether oxygens (including phenoxy) is 1. The number of β-lactam (4-membered cyclic amide) rings is 1. The number of aryl methyl sites for hydroxylation is 1. The van der Waals surface area contributed by atoms with Crippen molar-refractivity contribution in [2.75, 3.05) is 12.0 Å². The average molecular weight is 331 g/mol. The number of methoxy groups -OCH3 is 1. The highest BCUT2D eigenvalue weighted by atomic mass is 35.5. The third-order valence-electron chi connectivity index (χ3n) is 4.28. The fourth-order valence-electron chi connectivity index (χ4n) is 2.91. The summed E-state index contributed by atoms with van der Waals surface area (Å²) in [7, 11) is 1.56. The summed E-state index contributed by atoms with van der Waals surface area (Å²) in [6, 6.07) is 12.8. The molecule has 120 valence electrons. The van der Waals surface area contributed by atoms with Crippen LogP contribution in [0, 0.1) is 0 Å². The molecule has 2 N–H and O–H groups in total. The van der Waals surface area contributed by atoms with Gasteiger partial charge in [0.25, 0.3) is 0 Å². The van der Waals surface area contributed by atoms with E-state index < -0.39 is 6.04 Å². The van der Waals surface area contributed by atoms with Crippen molar-refractivity contribution in [3.05, 3.63) is 58.6 Å². The molecule has 1 fully saturated rings. The topological polar surface area (TPSA) is 55.6 Å². The highest BCUT2D eigenvalue weighted by molar-refractivity contribution is 6.32. The van der Waals surface area contributed by atoms with E-state index in [2.05, 4.69) is 19.1 Å². The highest BCUT2D eigenvalue weighted by Crippen LogP contribution is 2.40. The van der Waals surface area contributed by atoms with E-state index in [4.69, 9.17) is 22.1 Å². The molecule has 1 heterocycles. The number of carbonyl (C=O) groups excluding carboxylic acids is 1. The summed E-state index contributed by atoms with van der Waals surface area (Å²) in [6.45, 7) is 2.11. The van der Waals surface area contributed by atoms with Crippen LogP contribution in [0.3, 0.4) is 0 Å². The first-order valence-electron chi connectivity index (χ1n) is 7.57. The first-order chi connectivity index (χ1) is 11.1. The number of benzene rings is 2. The molecule has 2 aromatic carbocycles. The molecule has 1 aliphatic heterocycles. The molecular formula is C18H19ClN2O2. The second-order valence-corrected chi connectivity index (χ2v) is 6.00. The Balaban J connectivity index is 1.93. The zero-order valence-electron chi connectivity index (χ0n) is 13.1. The summed E-state index contributed by atoms with van der Waals surface area (Å²) in [6.07, 6.45) is 0.980. The largest absolute Gasteiger partial charge is 0.495 e. The van der Waals surface area contributed by atoms with Crippen LogP contribution in [0.4, 0.5) is 5.69 Å². The lowest BCUT2D eigenvalue weighted by Gasteiger charge is -2.45. The number of hydrogen-bond donors (Lipinski definition) is 1. The molecule has 0 saturated carbocycles. The van der Waals surface area contributed by atoms with Crippen molar-refractivity contribution in [1.82, 2.24) is 0 Å². The van der Waals surface area contributed by atoms with E-state index in [0.29, 0.717) is 10.8 Å². The summed E-state index contributed by atoms with van der Waals surface area (Å²) in [4.78, 5) is 14.0. The van der Waals surface area contributed by atoms with Crippen molar-refractivity contribution < 1.29 is 9.53 Å². The van der Waals surface area contributed by atoms with Crippen LogP contribution in [-0.4, -0.2) is 19.1 Å². The summed E-state index contributed by atoms with van der Waals surface area (Å²) >= 11 is 6.18. The molecule has 0 radical (unpaired) electrons. The lowest BCUT2D eigenvalue weighted by Crippen LogP contribution is -2.63. The molecule has 4 nitrogen and oxygen atoms in total. The molecule has 1 saturated heterocycles. The first kappa shape index (κ1) is 15.8. The molecule has 0 spiro atoms. The van der Waals surface area contributed by atoms with Crippen molar-refractivity contribution in [2.45, 2.75) is 25.4 Å². The van der Waals surface area contributed by atoms with Crippen molar-refractivity contribution in [2.24, 2.45) is 5.73 Å². The Morgan fingerprint density at radius 1 is 1.22 bits per heavy atom. The van der Waals surface area contributed by atoms with Crippen LogP contribution in [0.25, 0.3) is 0 Å². The fraction of sp³-hybridized carbons (Fsp3) is 0.278. The van der Waals surface area contributed by atoms with Crippen LogP contribution in [-0.2, 0) is 11.2 Å². The molecule has 2 aromatic rings. The normalized spacial score (nSPS) is 20.3. The van der Waals surface area contributed by atoms with Crippen LogP contribution in [0.2, 0.25) is 5.02 Å². The number of nitrogens with two attached hydrogens (primary N) is 1. The molecule has 23 heavy (non-hydrogen) atoms. The number of amides is 1. The Morgan fingerprint density at radius 3 is 2.48 bits per heavy atom. The van der Waals surface area contributed by atoms with Gasteiger partial charge in [-0.25, -0.2) is 0 Å². The lowest BCUT2D eigenvalue weighted by atomic mass is 9.88. The average Bonchev–Trinajstić information content (AvgIpc) is 2.58. The van der Waals surface area contributed by atoms with E-state index in [1.54, 1.807) is 24.1 Å². The summed E-state index contributed by atoms with van der Waals surface area (Å²) in [5.74, 6) is 0.479. The molecule has 0 unspecified atom stereocenters. The standard InChI is InChI=1S/C18H19ClN2O2/c1-3-11-4-6-12(7-5-11)17-16(20)18(22)21(17)13-8-9-15(23-2)14(19)10-13/h4-10,16-17H,3,20H2,1-2H3/t16-,17+/m0/s1. The second kappa shape index (κ2) is 6.22. The molecule has 1 amide bonds. The third-order valence-corrected chi connectivity index (χ3v) is 4.58. The number of anilines is 1. The Kier molecular flexibility index (Phi) is 4.28. The molecule has 0 aliphatic carbocycles. The zero-order chi connectivity index (χ0) is 16.6. The second-order valence-electron chi connectivity index (χ2n) is 5.59. The predicted molar refractivity (Wildman–Crippen MR) is 92.0 cm³/mol.